The summed E-state index contributed by atoms with van der Waals surface area (Å²) in [6.07, 6.45) is -0.306. The summed E-state index contributed by atoms with van der Waals surface area (Å²) in [5.74, 6) is -0.587. The molecule has 0 aliphatic carbocycles. The topological polar surface area (TPSA) is 50.8 Å². The number of piperidine rings is 1. The van der Waals surface area contributed by atoms with Crippen LogP contribution in [0.15, 0.2) is 0 Å². The van der Waals surface area contributed by atoms with Gasteiger partial charge in [0.2, 0.25) is 5.91 Å². The lowest BCUT2D eigenvalue weighted by molar-refractivity contribution is -0.139. The minimum atomic E-state index is -4.36. The van der Waals surface area contributed by atoms with Crippen molar-refractivity contribution < 1.29 is 27.4 Å². The Hall–Kier alpha value is -0.860. The van der Waals surface area contributed by atoms with Crippen LogP contribution < -0.4 is 5.32 Å². The smallest absolute Gasteiger partial charge is 0.376 e. The van der Waals surface area contributed by atoms with Gasteiger partial charge in [-0.3, -0.25) is 9.69 Å². The molecule has 1 amide bonds. The number of nitrogens with zero attached hydrogens (tertiary/aromatic N) is 1. The summed E-state index contributed by atoms with van der Waals surface area (Å²) in [6.45, 7) is 1.48. The Labute approximate surface area is 128 Å². The van der Waals surface area contributed by atoms with Crippen LogP contribution in [0.1, 0.15) is 25.7 Å². The van der Waals surface area contributed by atoms with Crippen LogP contribution in [-0.2, 0) is 14.3 Å². The molecule has 0 aromatic heterocycles. The van der Waals surface area contributed by atoms with Crippen molar-refractivity contribution in [3.05, 3.63) is 0 Å². The lowest BCUT2D eigenvalue weighted by Crippen LogP contribution is -2.45. The fourth-order valence-corrected chi connectivity index (χ4v) is 2.71. The number of ether oxygens (including phenoxy) is 2. The molecular weight excluding hydrogens is 301 g/mol. The Morgan fingerprint density at radius 2 is 2.00 bits per heavy atom. The maximum absolute atomic E-state index is 12.0. The first kappa shape index (κ1) is 17.5. The Balaban J connectivity index is 1.57. The van der Waals surface area contributed by atoms with Gasteiger partial charge in [0, 0.05) is 19.7 Å². The highest BCUT2D eigenvalue weighted by atomic mass is 19.4. The largest absolute Gasteiger partial charge is 0.405 e. The van der Waals surface area contributed by atoms with Crippen LogP contribution in [0.4, 0.5) is 13.2 Å². The van der Waals surface area contributed by atoms with Gasteiger partial charge in [-0.1, -0.05) is 0 Å². The predicted octanol–water partition coefficient (Wildman–Crippen LogP) is 1.32. The van der Waals surface area contributed by atoms with Crippen LogP contribution in [0.2, 0.25) is 0 Å². The molecule has 0 aromatic rings. The number of carbonyl (C=O) groups is 1. The van der Waals surface area contributed by atoms with Crippen molar-refractivity contribution in [2.45, 2.75) is 44.1 Å². The molecule has 0 saturated carbocycles. The Bertz CT molecular complexity index is 352. The Morgan fingerprint density at radius 3 is 2.59 bits per heavy atom. The van der Waals surface area contributed by atoms with Gasteiger partial charge >= 0.3 is 6.18 Å². The molecule has 8 heteroatoms. The standard InChI is InChI=1S/C14H23F3N2O3/c15-14(16,17)10-18-13(20)8-19-5-3-11(4-6-19)22-9-12-2-1-7-21-12/h11-12H,1-10H2,(H,18,20). The van der Waals surface area contributed by atoms with Crippen molar-refractivity contribution >= 4 is 5.91 Å². The fourth-order valence-electron chi connectivity index (χ4n) is 2.71. The third-order valence-corrected chi connectivity index (χ3v) is 3.93. The summed E-state index contributed by atoms with van der Waals surface area (Å²) in [4.78, 5) is 13.3. The molecule has 0 aromatic carbocycles. The maximum Gasteiger partial charge on any atom is 0.405 e. The van der Waals surface area contributed by atoms with Crippen molar-refractivity contribution in [2.75, 3.05) is 39.4 Å². The average molecular weight is 324 g/mol. The van der Waals surface area contributed by atoms with Gasteiger partial charge in [0.25, 0.3) is 0 Å². The van der Waals surface area contributed by atoms with Crippen LogP contribution in [0.25, 0.3) is 0 Å². The molecule has 1 atom stereocenters. The summed E-state index contributed by atoms with van der Waals surface area (Å²) < 4.78 is 47.3. The van der Waals surface area contributed by atoms with Crippen LogP contribution in [0.3, 0.4) is 0 Å². The van der Waals surface area contributed by atoms with Gasteiger partial charge in [-0.05, 0) is 25.7 Å². The normalized spacial score (nSPS) is 24.6. The van der Waals surface area contributed by atoms with E-state index in [9.17, 15) is 18.0 Å². The Kier molecular flexibility index (Phi) is 6.46. The van der Waals surface area contributed by atoms with Gasteiger partial charge in [0.05, 0.1) is 25.4 Å². The van der Waals surface area contributed by atoms with Crippen LogP contribution in [-0.4, -0.2) is 68.6 Å². The average Bonchev–Trinajstić information content (AvgIpc) is 2.97. The van der Waals surface area contributed by atoms with Crippen LogP contribution in [0.5, 0.6) is 0 Å². The first-order valence-electron chi connectivity index (χ1n) is 7.71. The lowest BCUT2D eigenvalue weighted by Gasteiger charge is -2.31. The van der Waals surface area contributed by atoms with E-state index in [1.807, 2.05) is 10.2 Å². The van der Waals surface area contributed by atoms with Gasteiger partial charge in [-0.2, -0.15) is 13.2 Å². The zero-order valence-corrected chi connectivity index (χ0v) is 12.5. The molecule has 0 bridgehead atoms. The summed E-state index contributed by atoms with van der Waals surface area (Å²) in [5.41, 5.74) is 0. The second kappa shape index (κ2) is 8.12. The predicted molar refractivity (Wildman–Crippen MR) is 73.5 cm³/mol. The lowest BCUT2D eigenvalue weighted by atomic mass is 10.1. The van der Waals surface area contributed by atoms with Crippen molar-refractivity contribution in [3.63, 3.8) is 0 Å². The number of rotatable bonds is 6. The number of amides is 1. The molecule has 2 heterocycles. The van der Waals surface area contributed by atoms with Gasteiger partial charge in [-0.15, -0.1) is 0 Å². The number of likely N-dealkylation sites (tertiary alicyclic amines) is 1. The number of hydrogen-bond donors (Lipinski definition) is 1. The molecule has 1 N–H and O–H groups in total. The molecule has 0 radical (unpaired) electrons. The van der Waals surface area contributed by atoms with Gasteiger partial charge < -0.3 is 14.8 Å². The van der Waals surface area contributed by atoms with Crippen molar-refractivity contribution in [2.24, 2.45) is 0 Å². The van der Waals surface area contributed by atoms with Gasteiger partial charge in [0.1, 0.15) is 6.54 Å². The maximum atomic E-state index is 12.0. The fraction of sp³-hybridized carbons (Fsp3) is 0.929. The second-order valence-corrected chi connectivity index (χ2v) is 5.84. The highest BCUT2D eigenvalue weighted by Crippen LogP contribution is 2.17. The molecule has 5 nitrogen and oxygen atoms in total. The summed E-state index contributed by atoms with van der Waals surface area (Å²) in [7, 11) is 0. The van der Waals surface area contributed by atoms with E-state index in [4.69, 9.17) is 9.47 Å². The first-order valence-corrected chi connectivity index (χ1v) is 7.71. The van der Waals surface area contributed by atoms with E-state index in [1.165, 1.54) is 0 Å². The summed E-state index contributed by atoms with van der Waals surface area (Å²) in [5, 5.41) is 1.89. The van der Waals surface area contributed by atoms with Crippen molar-refractivity contribution in [1.29, 1.82) is 0 Å². The summed E-state index contributed by atoms with van der Waals surface area (Å²) >= 11 is 0. The van der Waals surface area contributed by atoms with Gasteiger partial charge in [-0.25, -0.2) is 0 Å². The molecule has 2 fully saturated rings. The van der Waals surface area contributed by atoms with Crippen molar-refractivity contribution in [3.8, 4) is 0 Å². The SMILES string of the molecule is O=C(CN1CCC(OCC2CCCO2)CC1)NCC(F)(F)F. The molecule has 0 spiro atoms. The highest BCUT2D eigenvalue weighted by Gasteiger charge is 2.28. The van der Waals surface area contributed by atoms with E-state index < -0.39 is 18.6 Å². The Morgan fingerprint density at radius 1 is 1.27 bits per heavy atom. The van der Waals surface area contributed by atoms with E-state index in [2.05, 4.69) is 0 Å². The molecule has 2 aliphatic rings. The molecule has 2 aliphatic heterocycles. The molecule has 2 rings (SSSR count). The minimum absolute atomic E-state index is 0.00847. The van der Waals surface area contributed by atoms with Gasteiger partial charge in [0.15, 0.2) is 0 Å². The van der Waals surface area contributed by atoms with E-state index in [1.54, 1.807) is 0 Å². The first-order chi connectivity index (χ1) is 10.4. The second-order valence-electron chi connectivity index (χ2n) is 5.84. The number of carbonyl (C=O) groups excluding carboxylic acids is 1. The monoisotopic (exact) mass is 324 g/mol. The molecule has 2 saturated heterocycles. The van der Waals surface area contributed by atoms with E-state index in [0.717, 1.165) is 32.3 Å². The number of alkyl halides is 3. The molecule has 128 valence electrons. The number of halogens is 3. The quantitative estimate of drug-likeness (QED) is 0.801. The number of nitrogens with one attached hydrogen (secondary N) is 1. The third-order valence-electron chi connectivity index (χ3n) is 3.93. The third kappa shape index (κ3) is 6.50. The summed E-state index contributed by atoms with van der Waals surface area (Å²) in [6, 6.07) is 0. The van der Waals surface area contributed by atoms with E-state index >= 15 is 0 Å². The van der Waals surface area contributed by atoms with E-state index in [0.29, 0.717) is 19.7 Å². The molecule has 22 heavy (non-hydrogen) atoms. The minimum Gasteiger partial charge on any atom is -0.376 e. The number of hydrogen-bond acceptors (Lipinski definition) is 4. The molecular formula is C14H23F3N2O3. The van der Waals surface area contributed by atoms with Crippen LogP contribution >= 0.6 is 0 Å². The highest BCUT2D eigenvalue weighted by molar-refractivity contribution is 5.78. The van der Waals surface area contributed by atoms with Crippen molar-refractivity contribution in [1.82, 2.24) is 10.2 Å². The zero-order chi connectivity index (χ0) is 16.0. The zero-order valence-electron chi connectivity index (χ0n) is 12.5. The van der Waals surface area contributed by atoms with Crippen LogP contribution in [0, 0.1) is 0 Å². The van der Waals surface area contributed by atoms with E-state index in [-0.39, 0.29) is 18.8 Å². The molecule has 1 unspecified atom stereocenters.